The lowest BCUT2D eigenvalue weighted by molar-refractivity contribution is -0.144. The van der Waals surface area contributed by atoms with E-state index in [1.54, 1.807) is 44.8 Å². The van der Waals surface area contributed by atoms with Gasteiger partial charge in [0.1, 0.15) is 23.7 Å². The molecule has 0 spiro atoms. The number of unbranched alkanes of at least 4 members (excludes halogenated alkanes) is 1. The molecule has 0 radical (unpaired) electrons. The van der Waals surface area contributed by atoms with Crippen LogP contribution in [-0.4, -0.2) is 152 Å². The molecule has 0 saturated carbocycles. The van der Waals surface area contributed by atoms with Crippen molar-refractivity contribution in [3.05, 3.63) is 109 Å². The Labute approximate surface area is 444 Å². The number of nitrogens with one attached hydrogen (secondary N) is 6. The van der Waals surface area contributed by atoms with Crippen LogP contribution in [0.25, 0.3) is 44.3 Å². The minimum Gasteiger partial charge on any atom is -0.343 e. The van der Waals surface area contributed by atoms with E-state index in [0.717, 1.165) is 50.7 Å². The number of amides is 6. The van der Waals surface area contributed by atoms with Crippen LogP contribution in [0.4, 0.5) is 0 Å². The average molecular weight is 1030 g/mol. The van der Waals surface area contributed by atoms with E-state index in [1.807, 2.05) is 78.6 Å². The van der Waals surface area contributed by atoms with Crippen LogP contribution in [0.3, 0.4) is 0 Å². The average Bonchev–Trinajstić information content (AvgIpc) is 4.27. The predicted octanol–water partition coefficient (Wildman–Crippen LogP) is 5.99. The number of para-hydroxylation sites is 2. The molecule has 3 aliphatic heterocycles. The zero-order valence-electron chi connectivity index (χ0n) is 44.5. The lowest BCUT2D eigenvalue weighted by Crippen LogP contribution is -2.60. The van der Waals surface area contributed by atoms with E-state index in [2.05, 4.69) is 61.6 Å². The van der Waals surface area contributed by atoms with Crippen molar-refractivity contribution in [2.45, 2.75) is 127 Å². The highest BCUT2D eigenvalue weighted by Crippen LogP contribution is 2.41. The van der Waals surface area contributed by atoms with E-state index in [4.69, 9.17) is 9.97 Å². The molecule has 4 aromatic carbocycles. The molecule has 0 aliphatic carbocycles. The van der Waals surface area contributed by atoms with Gasteiger partial charge in [-0.15, -0.1) is 0 Å². The van der Waals surface area contributed by atoms with E-state index in [9.17, 15) is 28.8 Å². The van der Waals surface area contributed by atoms with Crippen LogP contribution in [-0.2, 0) is 28.8 Å². The number of hydrogen-bond donors (Lipinski definition) is 6. The van der Waals surface area contributed by atoms with Crippen LogP contribution < -0.4 is 21.3 Å². The van der Waals surface area contributed by atoms with Gasteiger partial charge in [-0.25, -0.2) is 9.97 Å². The Morgan fingerprint density at radius 1 is 0.697 bits per heavy atom. The molecule has 0 unspecified atom stereocenters. The number of nitrogens with zero attached hydrogens (tertiary/aromatic N) is 6. The zero-order valence-corrected chi connectivity index (χ0v) is 44.5. The molecule has 76 heavy (non-hydrogen) atoms. The first-order chi connectivity index (χ1) is 36.7. The van der Waals surface area contributed by atoms with Gasteiger partial charge in [0.2, 0.25) is 35.4 Å². The summed E-state index contributed by atoms with van der Waals surface area (Å²) in [7, 11) is 4.98. The number of carbonyl (C=O) groups excluding carboxylic acids is 6. The fourth-order valence-corrected chi connectivity index (χ4v) is 11.2. The van der Waals surface area contributed by atoms with Gasteiger partial charge in [-0.1, -0.05) is 84.9 Å². The minimum atomic E-state index is -1.04. The normalized spacial score (nSPS) is 20.9. The molecule has 3 aliphatic rings. The van der Waals surface area contributed by atoms with Crippen molar-refractivity contribution < 1.29 is 28.8 Å². The molecule has 6 N–H and O–H groups in total. The molecule has 18 nitrogen and oxygen atoms in total. The standard InChI is InChI=1S/C58H72N12O6/c1-35-27-29-47(53-61-43-23-15-21-41(51(43)65-53)38-17-9-7-10-18-38)69(35)57(75)45(63-55(73)36(2)59-4)33-67(6)49(71)25-13-14-26-50(72)68-32-31-40-28-30-48(70(40)58(76)46(34-68)64-56(74)37(3)60-5)54-62-44-24-16-22-42(52(44)66-54)39-19-11-8-12-20-39/h7-12,15-24,35-37,40,45-48,59-60H,13-14,25-34H2,1-6H3,(H,61,65)(H,62,66)(H,63,73)(H,64,74)/t35-,36-,37-,40+,45-,46-,47-,48-/m0/s1. The van der Waals surface area contributed by atoms with Crippen LogP contribution in [0, 0.1) is 0 Å². The van der Waals surface area contributed by atoms with Gasteiger partial charge >= 0.3 is 0 Å². The Hall–Kier alpha value is -7.44. The molecule has 3 saturated heterocycles. The van der Waals surface area contributed by atoms with Crippen LogP contribution >= 0.6 is 0 Å². The lowest BCUT2D eigenvalue weighted by Gasteiger charge is -2.39. The third kappa shape index (κ3) is 11.4. The number of aromatic nitrogens is 4. The maximum absolute atomic E-state index is 14.8. The zero-order chi connectivity index (χ0) is 53.6. The maximum Gasteiger partial charge on any atom is 0.247 e. The van der Waals surface area contributed by atoms with Gasteiger partial charge in [0, 0.05) is 62.7 Å². The summed E-state index contributed by atoms with van der Waals surface area (Å²) in [4.78, 5) is 108. The summed E-state index contributed by atoms with van der Waals surface area (Å²) in [5.74, 6) is -0.302. The van der Waals surface area contributed by atoms with E-state index >= 15 is 0 Å². The van der Waals surface area contributed by atoms with Gasteiger partial charge in [0.25, 0.3) is 0 Å². The summed E-state index contributed by atoms with van der Waals surface area (Å²) in [5, 5.41) is 11.8. The fraction of sp³-hybridized carbons (Fsp3) is 0.448. The van der Waals surface area contributed by atoms with E-state index in [-0.39, 0.29) is 85.5 Å². The van der Waals surface area contributed by atoms with Gasteiger partial charge in [0.05, 0.1) is 46.2 Å². The summed E-state index contributed by atoms with van der Waals surface area (Å²) in [6, 6.07) is 27.9. The molecule has 6 aromatic rings. The van der Waals surface area contributed by atoms with E-state index < -0.39 is 24.2 Å². The van der Waals surface area contributed by atoms with Crippen LogP contribution in [0.2, 0.25) is 0 Å². The first kappa shape index (κ1) is 53.4. The van der Waals surface area contributed by atoms with Gasteiger partial charge in [-0.2, -0.15) is 0 Å². The number of likely N-dealkylation sites (tertiary alicyclic amines) is 1. The van der Waals surface area contributed by atoms with Gasteiger partial charge in [-0.05, 0) is 103 Å². The number of likely N-dealkylation sites (N-methyl/N-ethyl adjacent to an activating group) is 3. The number of imidazole rings is 2. The highest BCUT2D eigenvalue weighted by atomic mass is 16.2. The molecule has 8 atom stereocenters. The second kappa shape index (κ2) is 23.6. The fourth-order valence-electron chi connectivity index (χ4n) is 11.2. The molecule has 6 amide bonds. The first-order valence-electron chi connectivity index (χ1n) is 26.9. The van der Waals surface area contributed by atoms with Crippen molar-refractivity contribution in [3.8, 4) is 22.3 Å². The van der Waals surface area contributed by atoms with Crippen LogP contribution in [0.5, 0.6) is 0 Å². The number of aromatic amines is 2. The number of benzene rings is 4. The molecule has 9 rings (SSSR count). The Morgan fingerprint density at radius 3 is 1.87 bits per heavy atom. The SMILES string of the molecule is CN[C@@H](C)C(=O)N[C@H]1CN(C(=O)CCCCC(=O)N(C)C[C@H](NC(=O)[C@H](C)NC)C(=O)N2[C@@H](C)CC[C@H]2c2nc3cccc(-c4ccccc4)c3[nH]2)CC[C@H]2CC[C@@H](c3nc4cccc(-c5ccccc5)c4[nH]3)N2C1=O. The van der Waals surface area contributed by atoms with Crippen molar-refractivity contribution in [2.24, 2.45) is 0 Å². The molecule has 2 aromatic heterocycles. The predicted molar refractivity (Wildman–Crippen MR) is 292 cm³/mol. The quantitative estimate of drug-likeness (QED) is 0.0552. The number of fused-ring (bicyclic) bond motifs is 3. The smallest absolute Gasteiger partial charge is 0.247 e. The van der Waals surface area contributed by atoms with Crippen molar-refractivity contribution in [1.29, 1.82) is 0 Å². The monoisotopic (exact) mass is 1030 g/mol. The highest BCUT2D eigenvalue weighted by Gasteiger charge is 2.45. The molecule has 0 bridgehead atoms. The van der Waals surface area contributed by atoms with Crippen molar-refractivity contribution in [1.82, 2.24) is 60.8 Å². The third-order valence-electron chi connectivity index (χ3n) is 15.8. The maximum atomic E-state index is 14.8. The summed E-state index contributed by atoms with van der Waals surface area (Å²) >= 11 is 0. The van der Waals surface area contributed by atoms with Crippen molar-refractivity contribution in [3.63, 3.8) is 0 Å². The van der Waals surface area contributed by atoms with Crippen LogP contribution in [0.15, 0.2) is 97.1 Å². The number of rotatable bonds is 18. The molecular formula is C58H72N12O6. The summed E-state index contributed by atoms with van der Waals surface area (Å²) < 4.78 is 0. The Kier molecular flexibility index (Phi) is 16.6. The first-order valence-corrected chi connectivity index (χ1v) is 26.9. The van der Waals surface area contributed by atoms with Gasteiger partial charge in [-0.3, -0.25) is 28.8 Å². The third-order valence-corrected chi connectivity index (χ3v) is 15.8. The van der Waals surface area contributed by atoms with E-state index in [1.165, 1.54) is 4.90 Å². The Balaban J connectivity index is 0.840. The second-order valence-corrected chi connectivity index (χ2v) is 20.8. The topological polar surface area (TPSA) is 221 Å². The number of carbonyl (C=O) groups is 6. The van der Waals surface area contributed by atoms with Gasteiger partial charge < -0.3 is 50.8 Å². The number of H-pyrrole nitrogens is 2. The minimum absolute atomic E-state index is 0.00456. The highest BCUT2D eigenvalue weighted by molar-refractivity contribution is 5.95. The molecule has 18 heteroatoms. The van der Waals surface area contributed by atoms with E-state index in [0.29, 0.717) is 56.7 Å². The van der Waals surface area contributed by atoms with Crippen molar-refractivity contribution >= 4 is 57.5 Å². The summed E-state index contributed by atoms with van der Waals surface area (Å²) in [6.07, 6.45) is 4.41. The summed E-state index contributed by atoms with van der Waals surface area (Å²) in [6.45, 7) is 5.77. The Bertz CT molecular complexity index is 3050. The Morgan fingerprint density at radius 2 is 1.26 bits per heavy atom. The second-order valence-electron chi connectivity index (χ2n) is 20.8. The van der Waals surface area contributed by atoms with Crippen molar-refractivity contribution in [2.75, 3.05) is 40.8 Å². The van der Waals surface area contributed by atoms with Crippen LogP contribution in [0.1, 0.15) is 102 Å². The lowest BCUT2D eigenvalue weighted by atomic mass is 10.0. The molecule has 3 fully saturated rings. The molecular weight excluding hydrogens is 961 g/mol. The largest absolute Gasteiger partial charge is 0.343 e. The molecule has 5 heterocycles. The summed E-state index contributed by atoms with van der Waals surface area (Å²) in [5.41, 5.74) is 7.50. The molecule has 400 valence electrons. The number of hydrogen-bond acceptors (Lipinski definition) is 10. The van der Waals surface area contributed by atoms with Gasteiger partial charge in [0.15, 0.2) is 0 Å².